The van der Waals surface area contributed by atoms with Crippen molar-refractivity contribution in [3.05, 3.63) is 63.9 Å². The molecule has 2 aromatic carbocycles. The summed E-state index contributed by atoms with van der Waals surface area (Å²) in [4.78, 5) is 2.30. The first-order valence-corrected chi connectivity index (χ1v) is 9.23. The molecule has 7 heteroatoms. The Labute approximate surface area is 162 Å². The van der Waals surface area contributed by atoms with Crippen LogP contribution in [-0.2, 0) is 0 Å². The van der Waals surface area contributed by atoms with Crippen molar-refractivity contribution in [3.63, 3.8) is 0 Å². The number of H-pyrrole nitrogens is 1. The fourth-order valence-corrected chi connectivity index (χ4v) is 2.97. The summed E-state index contributed by atoms with van der Waals surface area (Å²) in [5.74, 6) is 0.641. The van der Waals surface area contributed by atoms with Crippen LogP contribution in [0, 0.1) is 4.77 Å². The second-order valence-corrected chi connectivity index (χ2v) is 6.50. The molecule has 3 aromatic rings. The molecule has 5 nitrogen and oxygen atoms in total. The Balaban J connectivity index is 1.86. The topological polar surface area (TPSA) is 49.2 Å². The van der Waals surface area contributed by atoms with E-state index < -0.39 is 0 Å². The van der Waals surface area contributed by atoms with Gasteiger partial charge in [-0.15, -0.1) is 0 Å². The number of rotatable bonds is 6. The van der Waals surface area contributed by atoms with Crippen molar-refractivity contribution in [2.24, 2.45) is 5.10 Å². The van der Waals surface area contributed by atoms with Gasteiger partial charge in [0, 0.05) is 29.4 Å². The van der Waals surface area contributed by atoms with Crippen LogP contribution in [0.2, 0.25) is 5.02 Å². The minimum Gasteiger partial charge on any atom is -0.372 e. The molecule has 26 heavy (non-hydrogen) atoms. The van der Waals surface area contributed by atoms with E-state index in [-0.39, 0.29) is 0 Å². The highest BCUT2D eigenvalue weighted by atomic mass is 35.5. The van der Waals surface area contributed by atoms with Crippen LogP contribution in [0.1, 0.15) is 19.4 Å². The first-order chi connectivity index (χ1) is 12.6. The van der Waals surface area contributed by atoms with Gasteiger partial charge in [-0.2, -0.15) is 14.9 Å². The predicted molar refractivity (Wildman–Crippen MR) is 111 cm³/mol. The second-order valence-electron chi connectivity index (χ2n) is 5.68. The van der Waals surface area contributed by atoms with Gasteiger partial charge in [-0.3, -0.25) is 0 Å². The van der Waals surface area contributed by atoms with Gasteiger partial charge in [0.15, 0.2) is 5.82 Å². The van der Waals surface area contributed by atoms with Crippen LogP contribution in [-0.4, -0.2) is 34.2 Å². The molecule has 0 aliphatic heterocycles. The summed E-state index contributed by atoms with van der Waals surface area (Å²) in [6.07, 6.45) is 1.77. The normalized spacial score (nSPS) is 11.2. The van der Waals surface area contributed by atoms with E-state index in [9.17, 15) is 0 Å². The highest BCUT2D eigenvalue weighted by Crippen LogP contribution is 2.20. The van der Waals surface area contributed by atoms with Gasteiger partial charge in [0.05, 0.1) is 6.21 Å². The monoisotopic (exact) mass is 385 g/mol. The number of halogens is 1. The van der Waals surface area contributed by atoms with Crippen LogP contribution >= 0.6 is 23.8 Å². The molecular formula is C19H20ClN5S. The van der Waals surface area contributed by atoms with Crippen LogP contribution in [0.3, 0.4) is 0 Å². The summed E-state index contributed by atoms with van der Waals surface area (Å²) < 4.78 is 2.04. The van der Waals surface area contributed by atoms with Gasteiger partial charge < -0.3 is 4.90 Å². The van der Waals surface area contributed by atoms with Crippen LogP contribution < -0.4 is 4.90 Å². The van der Waals surface area contributed by atoms with E-state index in [2.05, 4.69) is 46.2 Å². The lowest BCUT2D eigenvalue weighted by Crippen LogP contribution is -2.21. The van der Waals surface area contributed by atoms with E-state index in [1.807, 2.05) is 36.4 Å². The second kappa shape index (κ2) is 8.29. The molecular weight excluding hydrogens is 366 g/mol. The third kappa shape index (κ3) is 4.03. The fraction of sp³-hybridized carbons (Fsp3) is 0.211. The first-order valence-electron chi connectivity index (χ1n) is 8.45. The van der Waals surface area contributed by atoms with E-state index in [0.29, 0.717) is 15.6 Å². The molecule has 0 atom stereocenters. The van der Waals surface area contributed by atoms with Gasteiger partial charge in [-0.1, -0.05) is 23.7 Å². The van der Waals surface area contributed by atoms with Gasteiger partial charge in [0.2, 0.25) is 4.77 Å². The summed E-state index contributed by atoms with van der Waals surface area (Å²) in [7, 11) is 0. The Morgan fingerprint density at radius 3 is 2.38 bits per heavy atom. The molecule has 1 N–H and O–H groups in total. The molecule has 1 aromatic heterocycles. The summed E-state index contributed by atoms with van der Waals surface area (Å²) in [5.41, 5.74) is 3.08. The zero-order valence-corrected chi connectivity index (χ0v) is 16.3. The van der Waals surface area contributed by atoms with Crippen LogP contribution in [0.25, 0.3) is 11.4 Å². The average molecular weight is 386 g/mol. The maximum Gasteiger partial charge on any atom is 0.216 e. The van der Waals surface area contributed by atoms with Crippen molar-refractivity contribution >= 4 is 35.7 Å². The molecule has 0 unspecified atom stereocenters. The van der Waals surface area contributed by atoms with E-state index in [1.54, 1.807) is 10.9 Å². The van der Waals surface area contributed by atoms with Gasteiger partial charge >= 0.3 is 0 Å². The lowest BCUT2D eigenvalue weighted by atomic mass is 10.2. The third-order valence-corrected chi connectivity index (χ3v) is 4.61. The summed E-state index contributed by atoms with van der Waals surface area (Å²) >= 11 is 11.3. The minimum atomic E-state index is 0.436. The third-order valence-electron chi connectivity index (χ3n) is 4.10. The van der Waals surface area contributed by atoms with E-state index >= 15 is 0 Å². The number of nitrogens with one attached hydrogen (secondary N) is 1. The number of hydrogen-bond donors (Lipinski definition) is 1. The van der Waals surface area contributed by atoms with E-state index in [4.69, 9.17) is 23.8 Å². The summed E-state index contributed by atoms with van der Waals surface area (Å²) in [6.45, 7) is 6.27. The zero-order valence-electron chi connectivity index (χ0n) is 14.7. The molecule has 3 rings (SSSR count). The smallest absolute Gasteiger partial charge is 0.216 e. The van der Waals surface area contributed by atoms with Crippen molar-refractivity contribution < 1.29 is 0 Å². The zero-order chi connectivity index (χ0) is 18.5. The fourth-order valence-electron chi connectivity index (χ4n) is 2.67. The quantitative estimate of drug-likeness (QED) is 0.480. The van der Waals surface area contributed by atoms with Gasteiger partial charge in [0.25, 0.3) is 0 Å². The molecule has 0 fully saturated rings. The molecule has 0 spiro atoms. The van der Waals surface area contributed by atoms with Crippen molar-refractivity contribution in [3.8, 4) is 11.4 Å². The molecule has 0 bridgehead atoms. The average Bonchev–Trinajstić information content (AvgIpc) is 3.03. The van der Waals surface area contributed by atoms with Gasteiger partial charge in [0.1, 0.15) is 0 Å². The Bertz CT molecular complexity index is 937. The molecule has 0 saturated carbocycles. The Morgan fingerprint density at radius 2 is 1.77 bits per heavy atom. The molecule has 0 aliphatic carbocycles. The highest BCUT2D eigenvalue weighted by Gasteiger charge is 2.08. The van der Waals surface area contributed by atoms with Gasteiger partial charge in [-0.25, -0.2) is 5.10 Å². The molecule has 0 radical (unpaired) electrons. The number of aromatic nitrogens is 3. The van der Waals surface area contributed by atoms with Crippen molar-refractivity contribution in [1.29, 1.82) is 0 Å². The van der Waals surface area contributed by atoms with E-state index in [1.165, 1.54) is 5.69 Å². The molecule has 0 aliphatic rings. The summed E-state index contributed by atoms with van der Waals surface area (Å²) in [6, 6.07) is 15.7. The first kappa shape index (κ1) is 18.4. The Kier molecular flexibility index (Phi) is 5.85. The van der Waals surface area contributed by atoms with Crippen LogP contribution in [0.5, 0.6) is 0 Å². The number of benzene rings is 2. The lowest BCUT2D eigenvalue weighted by Gasteiger charge is -2.20. The maximum absolute atomic E-state index is 5.95. The molecule has 1 heterocycles. The summed E-state index contributed by atoms with van der Waals surface area (Å²) in [5, 5.41) is 12.2. The Morgan fingerprint density at radius 1 is 1.12 bits per heavy atom. The Hall–Kier alpha value is -2.44. The van der Waals surface area contributed by atoms with Crippen LogP contribution in [0.4, 0.5) is 5.69 Å². The van der Waals surface area contributed by atoms with Crippen molar-refractivity contribution in [2.75, 3.05) is 18.0 Å². The van der Waals surface area contributed by atoms with Crippen molar-refractivity contribution in [2.45, 2.75) is 13.8 Å². The minimum absolute atomic E-state index is 0.436. The van der Waals surface area contributed by atoms with Crippen LogP contribution in [0.15, 0.2) is 53.6 Å². The number of nitrogens with zero attached hydrogens (tertiary/aromatic N) is 4. The lowest BCUT2D eigenvalue weighted by molar-refractivity contribution is 0.865. The SMILES string of the molecule is CCN(CC)c1ccc(/C=N/n2c(-c3ccc(Cl)cc3)n[nH]c2=S)cc1. The maximum atomic E-state index is 5.95. The van der Waals surface area contributed by atoms with Crippen molar-refractivity contribution in [1.82, 2.24) is 14.9 Å². The largest absolute Gasteiger partial charge is 0.372 e. The van der Waals surface area contributed by atoms with E-state index in [0.717, 1.165) is 24.2 Å². The molecule has 134 valence electrons. The number of hydrogen-bond acceptors (Lipinski definition) is 4. The molecule has 0 amide bonds. The molecule has 0 saturated heterocycles. The van der Waals surface area contributed by atoms with Gasteiger partial charge in [-0.05, 0) is 68.0 Å². The highest BCUT2D eigenvalue weighted by molar-refractivity contribution is 7.71. The standard InChI is InChI=1S/C19H20ClN5S/c1-3-24(4-2)17-11-5-14(6-12-17)13-21-25-18(22-23-19(25)26)15-7-9-16(20)10-8-15/h5-13H,3-4H2,1-2H3,(H,23,26)/b21-13+. The number of anilines is 1. The predicted octanol–water partition coefficient (Wildman–Crippen LogP) is 4.99. The number of aromatic amines is 1.